The SMILES string of the molecule is O=C(CSc1nnc(-c2ccccn2)n1Cc1cccc2ccccc12)Nc1ccccc1. The van der Waals surface area contributed by atoms with Crippen LogP contribution in [-0.4, -0.2) is 31.4 Å². The molecule has 0 saturated heterocycles. The van der Waals surface area contributed by atoms with Crippen molar-refractivity contribution in [3.05, 3.63) is 103 Å². The number of hydrogen-bond donors (Lipinski definition) is 1. The molecule has 1 amide bonds. The maximum absolute atomic E-state index is 12.5. The molecule has 0 saturated carbocycles. The number of pyridine rings is 1. The van der Waals surface area contributed by atoms with Gasteiger partial charge in [-0.1, -0.05) is 78.5 Å². The average Bonchev–Trinajstić information content (AvgIpc) is 3.26. The number of fused-ring (bicyclic) bond motifs is 1. The number of rotatable bonds is 7. The Morgan fingerprint density at radius 1 is 0.848 bits per heavy atom. The molecule has 0 radical (unpaired) electrons. The Balaban J connectivity index is 1.44. The van der Waals surface area contributed by atoms with E-state index in [1.54, 1.807) is 6.20 Å². The van der Waals surface area contributed by atoms with E-state index in [-0.39, 0.29) is 11.7 Å². The lowest BCUT2D eigenvalue weighted by atomic mass is 10.0. The molecule has 33 heavy (non-hydrogen) atoms. The molecule has 5 aromatic rings. The average molecular weight is 452 g/mol. The molecule has 0 fully saturated rings. The number of hydrogen-bond acceptors (Lipinski definition) is 5. The summed E-state index contributed by atoms with van der Waals surface area (Å²) in [6, 6.07) is 29.7. The Bertz CT molecular complexity index is 1380. The Labute approximate surface area is 195 Å². The van der Waals surface area contributed by atoms with Crippen LogP contribution < -0.4 is 5.32 Å². The van der Waals surface area contributed by atoms with Crippen molar-refractivity contribution in [1.82, 2.24) is 19.7 Å². The fourth-order valence-electron chi connectivity index (χ4n) is 3.67. The number of carbonyl (C=O) groups excluding carboxylic acids is 1. The maximum Gasteiger partial charge on any atom is 0.234 e. The summed E-state index contributed by atoms with van der Waals surface area (Å²) in [6.07, 6.45) is 1.74. The molecular formula is C26H21N5OS. The molecule has 162 valence electrons. The molecule has 5 rings (SSSR count). The number of nitrogens with zero attached hydrogens (tertiary/aromatic N) is 4. The zero-order chi connectivity index (χ0) is 22.5. The Hall–Kier alpha value is -3.97. The van der Waals surface area contributed by atoms with Crippen molar-refractivity contribution in [2.24, 2.45) is 0 Å². The summed E-state index contributed by atoms with van der Waals surface area (Å²) < 4.78 is 2.03. The number of thioether (sulfide) groups is 1. The van der Waals surface area contributed by atoms with Gasteiger partial charge in [0.1, 0.15) is 5.69 Å². The highest BCUT2D eigenvalue weighted by Crippen LogP contribution is 2.27. The summed E-state index contributed by atoms with van der Waals surface area (Å²) in [5, 5.41) is 14.8. The number of anilines is 1. The van der Waals surface area contributed by atoms with E-state index in [4.69, 9.17) is 0 Å². The highest BCUT2D eigenvalue weighted by molar-refractivity contribution is 7.99. The molecule has 2 heterocycles. The van der Waals surface area contributed by atoms with Crippen LogP contribution in [-0.2, 0) is 11.3 Å². The van der Waals surface area contributed by atoms with Crippen molar-refractivity contribution in [2.75, 3.05) is 11.1 Å². The number of carbonyl (C=O) groups is 1. The summed E-state index contributed by atoms with van der Waals surface area (Å²) >= 11 is 1.36. The van der Waals surface area contributed by atoms with Crippen molar-refractivity contribution in [3.63, 3.8) is 0 Å². The smallest absolute Gasteiger partial charge is 0.234 e. The van der Waals surface area contributed by atoms with Crippen LogP contribution in [0.2, 0.25) is 0 Å². The number of aromatic nitrogens is 4. The van der Waals surface area contributed by atoms with Crippen LogP contribution in [0.1, 0.15) is 5.56 Å². The first-order chi connectivity index (χ1) is 16.3. The summed E-state index contributed by atoms with van der Waals surface area (Å²) in [4.78, 5) is 17.0. The van der Waals surface area contributed by atoms with Crippen LogP contribution in [0.15, 0.2) is 102 Å². The first kappa shape index (κ1) is 20.9. The summed E-state index contributed by atoms with van der Waals surface area (Å²) in [5.41, 5.74) is 2.67. The van der Waals surface area contributed by atoms with Gasteiger partial charge >= 0.3 is 0 Å². The zero-order valence-corrected chi connectivity index (χ0v) is 18.6. The molecule has 7 heteroatoms. The van der Waals surface area contributed by atoms with Gasteiger partial charge in [0.2, 0.25) is 5.91 Å². The van der Waals surface area contributed by atoms with Crippen molar-refractivity contribution in [2.45, 2.75) is 11.7 Å². The summed E-state index contributed by atoms with van der Waals surface area (Å²) in [6.45, 7) is 0.572. The van der Waals surface area contributed by atoms with Crippen LogP contribution >= 0.6 is 11.8 Å². The second kappa shape index (κ2) is 9.67. The van der Waals surface area contributed by atoms with Gasteiger partial charge in [0.25, 0.3) is 0 Å². The molecule has 0 spiro atoms. The van der Waals surface area contributed by atoms with Crippen molar-refractivity contribution < 1.29 is 4.79 Å². The topological polar surface area (TPSA) is 72.7 Å². The van der Waals surface area contributed by atoms with Crippen LogP contribution in [0.5, 0.6) is 0 Å². The predicted molar refractivity (Wildman–Crippen MR) is 132 cm³/mol. The molecule has 2 aromatic heterocycles. The van der Waals surface area contributed by atoms with Crippen LogP contribution in [0, 0.1) is 0 Å². The van der Waals surface area contributed by atoms with Gasteiger partial charge in [-0.05, 0) is 40.6 Å². The van der Waals surface area contributed by atoms with Crippen molar-refractivity contribution in [1.29, 1.82) is 0 Å². The van der Waals surface area contributed by atoms with E-state index in [0.29, 0.717) is 17.5 Å². The van der Waals surface area contributed by atoms with Crippen LogP contribution in [0.3, 0.4) is 0 Å². The van der Waals surface area contributed by atoms with E-state index >= 15 is 0 Å². The van der Waals surface area contributed by atoms with Gasteiger partial charge in [-0.2, -0.15) is 0 Å². The van der Waals surface area contributed by atoms with Gasteiger partial charge in [-0.25, -0.2) is 0 Å². The molecule has 0 unspecified atom stereocenters. The monoisotopic (exact) mass is 451 g/mol. The van der Waals surface area contributed by atoms with E-state index in [2.05, 4.69) is 50.8 Å². The molecule has 0 atom stereocenters. The fraction of sp³-hybridized carbons (Fsp3) is 0.0769. The standard InChI is InChI=1S/C26H21N5OS/c32-24(28-21-12-2-1-3-13-21)18-33-26-30-29-25(23-15-6-7-16-27-23)31(26)17-20-11-8-10-19-9-4-5-14-22(19)20/h1-16H,17-18H2,(H,28,32). The second-order valence-corrected chi connectivity index (χ2v) is 8.39. The molecule has 0 bridgehead atoms. The molecule has 0 aliphatic carbocycles. The first-order valence-corrected chi connectivity index (χ1v) is 11.6. The van der Waals surface area contributed by atoms with Crippen molar-refractivity contribution in [3.8, 4) is 11.5 Å². The lowest BCUT2D eigenvalue weighted by molar-refractivity contribution is -0.113. The van der Waals surface area contributed by atoms with Gasteiger partial charge in [0.05, 0.1) is 12.3 Å². The van der Waals surface area contributed by atoms with Crippen molar-refractivity contribution >= 4 is 34.1 Å². The molecule has 6 nitrogen and oxygen atoms in total. The molecule has 1 N–H and O–H groups in total. The van der Waals surface area contributed by atoms with Gasteiger partial charge in [0.15, 0.2) is 11.0 Å². The normalized spacial score (nSPS) is 10.9. The highest BCUT2D eigenvalue weighted by atomic mass is 32.2. The zero-order valence-electron chi connectivity index (χ0n) is 17.8. The van der Waals surface area contributed by atoms with Gasteiger partial charge in [0, 0.05) is 11.9 Å². The van der Waals surface area contributed by atoms with E-state index < -0.39 is 0 Å². The van der Waals surface area contributed by atoms with Gasteiger partial charge < -0.3 is 5.32 Å². The number of benzene rings is 3. The molecule has 0 aliphatic rings. The largest absolute Gasteiger partial charge is 0.325 e. The molecule has 0 aliphatic heterocycles. The van der Waals surface area contributed by atoms with Gasteiger partial charge in [-0.15, -0.1) is 10.2 Å². The van der Waals surface area contributed by atoms with Crippen LogP contribution in [0.4, 0.5) is 5.69 Å². The Morgan fingerprint density at radius 2 is 1.64 bits per heavy atom. The van der Waals surface area contributed by atoms with Gasteiger partial charge in [-0.3, -0.25) is 14.3 Å². The summed E-state index contributed by atoms with van der Waals surface area (Å²) in [7, 11) is 0. The van der Waals surface area contributed by atoms with Crippen LogP contribution in [0.25, 0.3) is 22.3 Å². The number of para-hydroxylation sites is 1. The van der Waals surface area contributed by atoms with E-state index in [1.807, 2.05) is 65.2 Å². The second-order valence-electron chi connectivity index (χ2n) is 7.45. The quantitative estimate of drug-likeness (QED) is 0.341. The van der Waals surface area contributed by atoms with E-state index in [0.717, 1.165) is 16.9 Å². The number of nitrogens with one attached hydrogen (secondary N) is 1. The molecular weight excluding hydrogens is 430 g/mol. The fourth-order valence-corrected chi connectivity index (χ4v) is 4.41. The maximum atomic E-state index is 12.5. The summed E-state index contributed by atoms with van der Waals surface area (Å²) in [5.74, 6) is 0.810. The number of amides is 1. The third kappa shape index (κ3) is 4.78. The predicted octanol–water partition coefficient (Wildman–Crippen LogP) is 5.27. The lowest BCUT2D eigenvalue weighted by Crippen LogP contribution is -2.14. The lowest BCUT2D eigenvalue weighted by Gasteiger charge is -2.12. The Kier molecular flexibility index (Phi) is 6.12. The molecule has 3 aromatic carbocycles. The third-order valence-electron chi connectivity index (χ3n) is 5.21. The minimum absolute atomic E-state index is 0.0923. The minimum atomic E-state index is -0.0923. The highest BCUT2D eigenvalue weighted by Gasteiger charge is 2.17. The minimum Gasteiger partial charge on any atom is -0.325 e. The Morgan fingerprint density at radius 3 is 2.48 bits per heavy atom. The van der Waals surface area contributed by atoms with E-state index in [9.17, 15) is 4.79 Å². The first-order valence-electron chi connectivity index (χ1n) is 10.6. The van der Waals surface area contributed by atoms with E-state index in [1.165, 1.54) is 22.5 Å². The third-order valence-corrected chi connectivity index (χ3v) is 6.18.